The molecule has 0 fully saturated rings. The first kappa shape index (κ1) is 27.5. The van der Waals surface area contributed by atoms with Gasteiger partial charge in [-0.1, -0.05) is 96.8 Å². The Morgan fingerprint density at radius 3 is 1.54 bits per heavy atom. The maximum atomic E-state index is 11.4. The molecule has 0 aromatic rings. The molecule has 0 heterocycles. The van der Waals surface area contributed by atoms with Crippen LogP contribution in [-0.4, -0.2) is 35.5 Å². The molecule has 4 nitrogen and oxygen atoms in total. The van der Waals surface area contributed by atoms with E-state index < -0.39 is 6.10 Å². The van der Waals surface area contributed by atoms with Gasteiger partial charge in [0, 0.05) is 12.6 Å². The van der Waals surface area contributed by atoms with Crippen LogP contribution in [0.1, 0.15) is 110 Å². The molecule has 0 radical (unpaired) electrons. The second-order valence-electron chi connectivity index (χ2n) is 7.22. The van der Waals surface area contributed by atoms with Gasteiger partial charge in [0.05, 0.1) is 6.61 Å². The molecule has 0 saturated carbocycles. The van der Waals surface area contributed by atoms with E-state index in [1.165, 1.54) is 83.5 Å². The molecule has 0 aliphatic heterocycles. The largest absolute Gasteiger partial charge is 0.463 e. The number of hydrogen-bond acceptors (Lipinski definition) is 4. The first-order valence-corrected chi connectivity index (χ1v) is 10.6. The minimum absolute atomic E-state index is 0. The third kappa shape index (κ3) is 21.3. The van der Waals surface area contributed by atoms with Crippen LogP contribution in [0.2, 0.25) is 0 Å². The summed E-state index contributed by atoms with van der Waals surface area (Å²) >= 11 is 0. The summed E-state index contributed by atoms with van der Waals surface area (Å²) in [6.45, 7) is 1.79. The van der Waals surface area contributed by atoms with Crippen LogP contribution in [0, 0.1) is 6.15 Å². The van der Waals surface area contributed by atoms with Gasteiger partial charge in [0.15, 0.2) is 0 Å². The molecular weight excluding hydrogens is 336 g/mol. The maximum Gasteiger partial charge on any atom is 0.305 e. The molecule has 0 aromatic heterocycles. The van der Waals surface area contributed by atoms with Gasteiger partial charge in [0.25, 0.3) is 0 Å². The Labute approximate surface area is 161 Å². The van der Waals surface area contributed by atoms with Crippen molar-refractivity contribution in [2.75, 3.05) is 13.2 Å². The van der Waals surface area contributed by atoms with Crippen LogP contribution in [0.15, 0.2) is 0 Å². The normalized spacial score (nSPS) is 11.8. The van der Waals surface area contributed by atoms with Gasteiger partial charge in [-0.15, -0.1) is 0 Å². The van der Waals surface area contributed by atoms with Gasteiger partial charge in [-0.25, -0.2) is 0 Å². The van der Waals surface area contributed by atoms with Gasteiger partial charge < -0.3 is 14.9 Å². The minimum atomic E-state index is -0.954. The van der Waals surface area contributed by atoms with Crippen LogP contribution in [0.25, 0.3) is 0 Å². The van der Waals surface area contributed by atoms with Crippen LogP contribution < -0.4 is 0 Å². The number of rotatable bonds is 19. The number of esters is 1. The van der Waals surface area contributed by atoms with Crippen molar-refractivity contribution in [1.82, 2.24) is 0 Å². The summed E-state index contributed by atoms with van der Waals surface area (Å²) < 4.78 is 4.86. The van der Waals surface area contributed by atoms with Gasteiger partial charge in [-0.3, -0.25) is 4.79 Å². The molecule has 0 amide bonds. The van der Waals surface area contributed by atoms with Crippen molar-refractivity contribution in [3.8, 4) is 0 Å². The molecule has 0 rings (SSSR count). The molecular formula is C21H42NeO4. The Kier molecular flexibility index (Phi) is 23.6. The molecule has 158 valence electrons. The fourth-order valence-electron chi connectivity index (χ4n) is 2.95. The van der Waals surface area contributed by atoms with E-state index in [1.54, 1.807) is 0 Å². The zero-order valence-corrected chi connectivity index (χ0v) is 16.9. The second-order valence-corrected chi connectivity index (χ2v) is 7.22. The molecule has 2 N–H and O–H groups in total. The van der Waals surface area contributed by atoms with Crippen molar-refractivity contribution in [2.24, 2.45) is 0 Å². The van der Waals surface area contributed by atoms with Crippen molar-refractivity contribution in [1.29, 1.82) is 0 Å². The third-order valence-corrected chi connectivity index (χ3v) is 4.63. The fraction of sp³-hybridized carbons (Fsp3) is 0.952. The first-order chi connectivity index (χ1) is 12.2. The molecule has 0 aliphatic rings. The average molecular weight is 379 g/mol. The molecule has 0 aromatic carbocycles. The summed E-state index contributed by atoms with van der Waals surface area (Å²) in [5.74, 6) is -0.276. The van der Waals surface area contributed by atoms with Gasteiger partial charge in [-0.05, 0) is 6.42 Å². The molecule has 0 aliphatic carbocycles. The van der Waals surface area contributed by atoms with E-state index in [2.05, 4.69) is 6.92 Å². The number of aliphatic hydroxyl groups excluding tert-OH is 2. The quantitative estimate of drug-likeness (QED) is 0.241. The number of carbonyl (C=O) groups excluding carboxylic acids is 1. The van der Waals surface area contributed by atoms with Crippen LogP contribution in [0.4, 0.5) is 0 Å². The van der Waals surface area contributed by atoms with Crippen LogP contribution in [0.5, 0.6) is 0 Å². The molecule has 5 heteroatoms. The van der Waals surface area contributed by atoms with Gasteiger partial charge in [-0.2, -0.15) is 0 Å². The van der Waals surface area contributed by atoms with E-state index >= 15 is 0 Å². The monoisotopic (exact) mass is 378 g/mol. The molecule has 1 unspecified atom stereocenters. The molecule has 0 spiro atoms. The molecule has 26 heavy (non-hydrogen) atoms. The Balaban J connectivity index is 0. The van der Waals surface area contributed by atoms with Crippen molar-refractivity contribution < 1.29 is 25.9 Å². The van der Waals surface area contributed by atoms with Crippen molar-refractivity contribution in [2.45, 2.75) is 116 Å². The predicted octanol–water partition coefficient (Wildman–Crippen LogP) is 5.14. The Morgan fingerprint density at radius 1 is 0.769 bits per heavy atom. The number of hydrogen-bond donors (Lipinski definition) is 2. The first-order valence-electron chi connectivity index (χ1n) is 10.6. The van der Waals surface area contributed by atoms with Crippen molar-refractivity contribution in [3.05, 3.63) is 0 Å². The Bertz CT molecular complexity index is 287. The summed E-state index contributed by atoms with van der Waals surface area (Å²) in [6, 6.07) is 0. The zero-order chi connectivity index (χ0) is 18.6. The summed E-state index contributed by atoms with van der Waals surface area (Å²) in [7, 11) is 0. The van der Waals surface area contributed by atoms with Crippen molar-refractivity contribution in [3.63, 3.8) is 0 Å². The summed E-state index contributed by atoms with van der Waals surface area (Å²) in [5, 5.41) is 17.7. The van der Waals surface area contributed by atoms with E-state index in [4.69, 9.17) is 14.9 Å². The average Bonchev–Trinajstić information content (AvgIpc) is 2.62. The van der Waals surface area contributed by atoms with Gasteiger partial charge in [0.2, 0.25) is 0 Å². The predicted molar refractivity (Wildman–Crippen MR) is 104 cm³/mol. The number of ether oxygens (including phenoxy) is 1. The minimum Gasteiger partial charge on any atom is -0.463 e. The summed E-state index contributed by atoms with van der Waals surface area (Å²) in [4.78, 5) is 11.4. The van der Waals surface area contributed by atoms with E-state index in [1.807, 2.05) is 0 Å². The van der Waals surface area contributed by atoms with Crippen LogP contribution in [0.3, 0.4) is 0 Å². The molecule has 1 atom stereocenters. The van der Waals surface area contributed by atoms with E-state index in [0.29, 0.717) is 6.42 Å². The third-order valence-electron chi connectivity index (χ3n) is 4.63. The Morgan fingerprint density at radius 2 is 1.15 bits per heavy atom. The number of unbranched alkanes of at least 4 members (excludes halogenated alkanes) is 14. The molecule has 0 bridgehead atoms. The van der Waals surface area contributed by atoms with Crippen LogP contribution in [-0.2, 0) is 9.53 Å². The fourth-order valence-corrected chi connectivity index (χ4v) is 2.95. The van der Waals surface area contributed by atoms with E-state index in [0.717, 1.165) is 12.8 Å². The summed E-state index contributed by atoms with van der Waals surface area (Å²) in [6.07, 6.45) is 19.0. The smallest absolute Gasteiger partial charge is 0.305 e. The van der Waals surface area contributed by atoms with E-state index in [-0.39, 0.29) is 25.3 Å². The zero-order valence-electron chi connectivity index (χ0n) is 16.9. The topological polar surface area (TPSA) is 66.8 Å². The number of aliphatic hydroxyl groups is 2. The van der Waals surface area contributed by atoms with Crippen LogP contribution >= 0.6 is 0 Å². The number of carbonyl (C=O) groups is 1. The van der Waals surface area contributed by atoms with Gasteiger partial charge >= 0.3 is 5.97 Å². The summed E-state index contributed by atoms with van der Waals surface area (Å²) in [5.41, 5.74) is 0. The standard InChI is InChI=1S/C21H42O4.Ne/c1-2-3-4-5-6-7-8-9-10-11-12-13-14-15-16-17-21(24)25-19-20(23)18-22;/h20,22-23H,2-19H2,1H3;. The van der Waals surface area contributed by atoms with Crippen molar-refractivity contribution >= 4 is 5.97 Å². The Hall–Kier alpha value is -0.701. The maximum absolute atomic E-state index is 11.4. The SMILES string of the molecule is CCCCCCCCCCCCCCCCCC(=O)OCC(O)CO.[Ne]. The van der Waals surface area contributed by atoms with Gasteiger partial charge in [0.1, 0.15) is 12.7 Å². The second kappa shape index (κ2) is 22.3. The molecule has 0 saturated heterocycles. The van der Waals surface area contributed by atoms with E-state index in [9.17, 15) is 4.79 Å².